The van der Waals surface area contributed by atoms with Gasteiger partial charge in [-0.1, -0.05) is 11.8 Å². The van der Waals surface area contributed by atoms with E-state index in [0.717, 1.165) is 0 Å². The number of nitrogens with two attached hydrogens (primary N) is 1. The van der Waals surface area contributed by atoms with Crippen LogP contribution in [0.1, 0.15) is 16.1 Å². The molecule has 0 fully saturated rings. The van der Waals surface area contributed by atoms with Crippen molar-refractivity contribution in [2.24, 2.45) is 5.73 Å². The monoisotopic (exact) mass is 165 g/mol. The SMILES string of the molecule is NCC#Cc1coc(C(=O)O)c1. The maximum atomic E-state index is 10.3. The highest BCUT2D eigenvalue weighted by Crippen LogP contribution is 2.05. The quantitative estimate of drug-likeness (QED) is 0.586. The lowest BCUT2D eigenvalue weighted by Crippen LogP contribution is -1.93. The second-order valence-corrected chi connectivity index (χ2v) is 2.01. The highest BCUT2D eigenvalue weighted by atomic mass is 16.4. The van der Waals surface area contributed by atoms with E-state index in [1.54, 1.807) is 0 Å². The van der Waals surface area contributed by atoms with Crippen LogP contribution in [0, 0.1) is 11.8 Å². The Morgan fingerprint density at radius 2 is 2.50 bits per heavy atom. The Morgan fingerprint density at radius 1 is 1.75 bits per heavy atom. The third-order valence-electron chi connectivity index (χ3n) is 1.15. The van der Waals surface area contributed by atoms with Crippen molar-refractivity contribution in [1.29, 1.82) is 0 Å². The lowest BCUT2D eigenvalue weighted by atomic mass is 10.3. The molecular weight excluding hydrogens is 158 g/mol. The maximum Gasteiger partial charge on any atom is 0.371 e. The topological polar surface area (TPSA) is 76.5 Å². The lowest BCUT2D eigenvalue weighted by Gasteiger charge is -1.79. The van der Waals surface area contributed by atoms with Gasteiger partial charge in [0.15, 0.2) is 0 Å². The molecule has 1 rings (SSSR count). The lowest BCUT2D eigenvalue weighted by molar-refractivity contribution is 0.0662. The Bertz CT molecular complexity index is 343. The van der Waals surface area contributed by atoms with E-state index in [1.807, 2.05) is 0 Å². The molecule has 0 aromatic carbocycles. The van der Waals surface area contributed by atoms with Gasteiger partial charge in [-0.3, -0.25) is 0 Å². The average molecular weight is 165 g/mol. The number of carboxylic acid groups (broad SMARTS) is 1. The van der Waals surface area contributed by atoms with Gasteiger partial charge in [0.05, 0.1) is 12.1 Å². The summed E-state index contributed by atoms with van der Waals surface area (Å²) in [5.74, 6) is 4.01. The molecule has 12 heavy (non-hydrogen) atoms. The van der Waals surface area contributed by atoms with Crippen LogP contribution in [0.4, 0.5) is 0 Å². The van der Waals surface area contributed by atoms with Crippen LogP contribution in [0.15, 0.2) is 16.7 Å². The van der Waals surface area contributed by atoms with Crippen LogP contribution in [0.3, 0.4) is 0 Å². The fourth-order valence-electron chi connectivity index (χ4n) is 0.667. The summed E-state index contributed by atoms with van der Waals surface area (Å²) < 4.78 is 4.68. The van der Waals surface area contributed by atoms with Crippen molar-refractivity contribution in [1.82, 2.24) is 0 Å². The van der Waals surface area contributed by atoms with Crippen molar-refractivity contribution in [2.45, 2.75) is 0 Å². The van der Waals surface area contributed by atoms with Gasteiger partial charge in [0.2, 0.25) is 5.76 Å². The van der Waals surface area contributed by atoms with Crippen molar-refractivity contribution >= 4 is 5.97 Å². The Balaban J connectivity index is 2.84. The number of hydrogen-bond acceptors (Lipinski definition) is 3. The summed E-state index contributed by atoms with van der Waals surface area (Å²) in [6.45, 7) is 0.244. The summed E-state index contributed by atoms with van der Waals surface area (Å²) >= 11 is 0. The van der Waals surface area contributed by atoms with Crippen molar-refractivity contribution in [3.8, 4) is 11.8 Å². The molecule has 1 aromatic rings. The van der Waals surface area contributed by atoms with Gasteiger partial charge in [-0.15, -0.1) is 0 Å². The van der Waals surface area contributed by atoms with Gasteiger partial charge in [-0.2, -0.15) is 0 Å². The molecule has 0 aliphatic heterocycles. The molecular formula is C8H7NO3. The van der Waals surface area contributed by atoms with E-state index in [2.05, 4.69) is 16.3 Å². The molecule has 0 radical (unpaired) electrons. The van der Waals surface area contributed by atoms with Gasteiger partial charge in [-0.05, 0) is 0 Å². The molecule has 0 amide bonds. The molecule has 0 unspecified atom stereocenters. The fourth-order valence-corrected chi connectivity index (χ4v) is 0.667. The molecule has 3 N–H and O–H groups in total. The Kier molecular flexibility index (Phi) is 2.51. The van der Waals surface area contributed by atoms with E-state index < -0.39 is 5.97 Å². The van der Waals surface area contributed by atoms with E-state index >= 15 is 0 Å². The van der Waals surface area contributed by atoms with E-state index in [0.29, 0.717) is 5.56 Å². The normalized spacial score (nSPS) is 8.75. The molecule has 0 spiro atoms. The summed E-state index contributed by atoms with van der Waals surface area (Å²) in [5, 5.41) is 8.46. The zero-order valence-electron chi connectivity index (χ0n) is 6.20. The third kappa shape index (κ3) is 1.87. The van der Waals surface area contributed by atoms with Gasteiger partial charge in [0.25, 0.3) is 0 Å². The minimum atomic E-state index is -1.10. The third-order valence-corrected chi connectivity index (χ3v) is 1.15. The first kappa shape index (κ1) is 8.37. The summed E-state index contributed by atoms with van der Waals surface area (Å²) in [6, 6.07) is 1.35. The molecule has 0 saturated heterocycles. The first-order valence-corrected chi connectivity index (χ1v) is 3.25. The Morgan fingerprint density at radius 3 is 3.00 bits per heavy atom. The largest absolute Gasteiger partial charge is 0.475 e. The van der Waals surface area contributed by atoms with Crippen LogP contribution in [-0.2, 0) is 0 Å². The van der Waals surface area contributed by atoms with E-state index in [-0.39, 0.29) is 12.3 Å². The maximum absolute atomic E-state index is 10.3. The van der Waals surface area contributed by atoms with Crippen LogP contribution < -0.4 is 5.73 Å². The number of aromatic carboxylic acids is 1. The van der Waals surface area contributed by atoms with E-state index in [9.17, 15) is 4.79 Å². The van der Waals surface area contributed by atoms with Crippen molar-refractivity contribution < 1.29 is 14.3 Å². The standard InChI is InChI=1S/C8H7NO3/c9-3-1-2-6-4-7(8(10)11)12-5-6/h4-5H,3,9H2,(H,10,11). The van der Waals surface area contributed by atoms with E-state index in [4.69, 9.17) is 10.8 Å². The average Bonchev–Trinajstić information content (AvgIpc) is 2.48. The minimum Gasteiger partial charge on any atom is -0.475 e. The van der Waals surface area contributed by atoms with Gasteiger partial charge in [0.1, 0.15) is 6.26 Å². The number of hydrogen-bond donors (Lipinski definition) is 2. The Hall–Kier alpha value is -1.73. The summed E-state index contributed by atoms with van der Waals surface area (Å²) in [5.41, 5.74) is 5.65. The number of carbonyl (C=O) groups is 1. The van der Waals surface area contributed by atoms with Gasteiger partial charge in [0, 0.05) is 6.07 Å². The van der Waals surface area contributed by atoms with Crippen LogP contribution in [0.2, 0.25) is 0 Å². The molecule has 1 aromatic heterocycles. The van der Waals surface area contributed by atoms with Gasteiger partial charge in [-0.25, -0.2) is 4.79 Å². The second-order valence-electron chi connectivity index (χ2n) is 2.01. The first-order valence-electron chi connectivity index (χ1n) is 3.25. The zero-order valence-corrected chi connectivity index (χ0v) is 6.20. The molecule has 0 bridgehead atoms. The number of rotatable bonds is 1. The summed E-state index contributed by atoms with van der Waals surface area (Å²) in [7, 11) is 0. The highest BCUT2D eigenvalue weighted by molar-refractivity contribution is 5.84. The second kappa shape index (κ2) is 3.60. The van der Waals surface area contributed by atoms with Crippen molar-refractivity contribution in [2.75, 3.05) is 6.54 Å². The Labute approximate surface area is 69.0 Å². The summed E-state index contributed by atoms with van der Waals surface area (Å²) in [4.78, 5) is 10.3. The minimum absolute atomic E-state index is 0.115. The van der Waals surface area contributed by atoms with Crippen molar-refractivity contribution in [3.05, 3.63) is 23.7 Å². The van der Waals surface area contributed by atoms with Crippen LogP contribution >= 0.6 is 0 Å². The first-order chi connectivity index (χ1) is 5.74. The molecule has 0 atom stereocenters. The van der Waals surface area contributed by atoms with E-state index in [1.165, 1.54) is 12.3 Å². The smallest absolute Gasteiger partial charge is 0.371 e. The predicted octanol–water partition coefficient (Wildman–Crippen LogP) is 0.288. The molecule has 62 valence electrons. The zero-order chi connectivity index (χ0) is 8.97. The molecule has 1 heterocycles. The number of carboxylic acids is 1. The van der Waals surface area contributed by atoms with Gasteiger partial charge < -0.3 is 15.3 Å². The van der Waals surface area contributed by atoms with Gasteiger partial charge >= 0.3 is 5.97 Å². The van der Waals surface area contributed by atoms with Crippen LogP contribution in [0.5, 0.6) is 0 Å². The fraction of sp³-hybridized carbons (Fsp3) is 0.125. The summed E-state index contributed by atoms with van der Waals surface area (Å²) in [6.07, 6.45) is 1.28. The predicted molar refractivity (Wildman–Crippen MR) is 41.6 cm³/mol. The van der Waals surface area contributed by atoms with Crippen LogP contribution in [0.25, 0.3) is 0 Å². The number of furan rings is 1. The molecule has 0 saturated carbocycles. The molecule has 4 nitrogen and oxygen atoms in total. The van der Waals surface area contributed by atoms with Crippen LogP contribution in [-0.4, -0.2) is 17.6 Å². The molecule has 4 heteroatoms. The highest BCUT2D eigenvalue weighted by Gasteiger charge is 2.06. The van der Waals surface area contributed by atoms with Crippen molar-refractivity contribution in [3.63, 3.8) is 0 Å². The molecule has 0 aliphatic rings. The molecule has 0 aliphatic carbocycles.